The summed E-state index contributed by atoms with van der Waals surface area (Å²) < 4.78 is 0. The Labute approximate surface area is 73.9 Å². The highest BCUT2D eigenvalue weighted by atomic mass is 16.1. The van der Waals surface area contributed by atoms with E-state index in [4.69, 9.17) is 5.26 Å². The van der Waals surface area contributed by atoms with Gasteiger partial charge in [-0.3, -0.25) is 4.79 Å². The van der Waals surface area contributed by atoms with Gasteiger partial charge in [-0.15, -0.1) is 0 Å². The first-order valence-corrected chi connectivity index (χ1v) is 4.07. The zero-order chi connectivity index (χ0) is 9.78. The van der Waals surface area contributed by atoms with E-state index in [2.05, 4.69) is 0 Å². The highest BCUT2D eigenvalue weighted by molar-refractivity contribution is 5.98. The maximum Gasteiger partial charge on any atom is 0.172 e. The molecule has 12 heavy (non-hydrogen) atoms. The van der Waals surface area contributed by atoms with Crippen LogP contribution in [-0.4, -0.2) is 5.78 Å². The second-order valence-corrected chi connectivity index (χ2v) is 3.81. The zero-order valence-corrected chi connectivity index (χ0v) is 8.14. The largest absolute Gasteiger partial charge is 0.293 e. The first-order chi connectivity index (χ1) is 5.40. The molecule has 0 fully saturated rings. The third-order valence-electron chi connectivity index (χ3n) is 1.32. The van der Waals surface area contributed by atoms with Gasteiger partial charge in [0.15, 0.2) is 5.78 Å². The molecule has 0 amide bonds. The lowest BCUT2D eigenvalue weighted by atomic mass is 9.92. The number of carbonyl (C=O) groups excluding carboxylic acids is 1. The Hall–Kier alpha value is -1.10. The Morgan fingerprint density at radius 3 is 2.25 bits per heavy atom. The Balaban J connectivity index is 4.71. The van der Waals surface area contributed by atoms with Crippen LogP contribution in [0.3, 0.4) is 0 Å². The highest BCUT2D eigenvalue weighted by Gasteiger charge is 2.12. The molecule has 0 aliphatic heterocycles. The van der Waals surface area contributed by atoms with Crippen LogP contribution >= 0.6 is 0 Å². The summed E-state index contributed by atoms with van der Waals surface area (Å²) in [5.41, 5.74) is 0.181. The van der Waals surface area contributed by atoms with E-state index in [9.17, 15) is 4.79 Å². The molecule has 0 bridgehead atoms. The van der Waals surface area contributed by atoms with Crippen molar-refractivity contribution in [2.24, 2.45) is 5.41 Å². The summed E-state index contributed by atoms with van der Waals surface area (Å²) in [7, 11) is 0. The molecule has 0 saturated carbocycles. The van der Waals surface area contributed by atoms with E-state index >= 15 is 0 Å². The summed E-state index contributed by atoms with van der Waals surface area (Å²) in [6.45, 7) is 7.66. The normalized spacial score (nSPS) is 12.4. The quantitative estimate of drug-likeness (QED) is 0.466. The molecule has 2 heteroatoms. The molecule has 0 unspecified atom stereocenters. The van der Waals surface area contributed by atoms with Crippen molar-refractivity contribution >= 4 is 5.78 Å². The van der Waals surface area contributed by atoms with Crippen LogP contribution in [0, 0.1) is 16.7 Å². The Morgan fingerprint density at radius 1 is 1.50 bits per heavy atom. The molecule has 0 saturated heterocycles. The third kappa shape index (κ3) is 3.92. The van der Waals surface area contributed by atoms with Crippen LogP contribution in [0.2, 0.25) is 0 Å². The fraction of sp³-hybridized carbons (Fsp3) is 0.600. The average molecular weight is 165 g/mol. The Kier molecular flexibility index (Phi) is 3.69. The number of Topliss-reactive ketones (excluding diaryl/α,β-unsaturated/α-hetero) is 1. The number of carbonyl (C=O) groups is 1. The number of hydrogen-bond donors (Lipinski definition) is 0. The predicted molar refractivity (Wildman–Crippen MR) is 48.4 cm³/mol. The van der Waals surface area contributed by atoms with Crippen molar-refractivity contribution < 1.29 is 4.79 Å². The minimum atomic E-state index is -0.101. The van der Waals surface area contributed by atoms with Gasteiger partial charge in [0.1, 0.15) is 6.07 Å². The molecule has 0 aliphatic carbocycles. The van der Waals surface area contributed by atoms with Gasteiger partial charge < -0.3 is 0 Å². The predicted octanol–water partition coefficient (Wildman–Crippen LogP) is 2.46. The minimum absolute atomic E-state index is 0.0765. The highest BCUT2D eigenvalue weighted by Crippen LogP contribution is 2.18. The molecule has 0 rings (SSSR count). The van der Waals surface area contributed by atoms with Crippen molar-refractivity contribution in [2.45, 2.75) is 34.1 Å². The molecule has 0 heterocycles. The lowest BCUT2D eigenvalue weighted by Gasteiger charge is -2.11. The van der Waals surface area contributed by atoms with Crippen LogP contribution in [0.15, 0.2) is 11.6 Å². The maximum absolute atomic E-state index is 11.1. The lowest BCUT2D eigenvalue weighted by molar-refractivity contribution is -0.114. The van der Waals surface area contributed by atoms with Gasteiger partial charge in [0.05, 0.1) is 5.57 Å². The summed E-state index contributed by atoms with van der Waals surface area (Å²) in [6.07, 6.45) is 2.12. The summed E-state index contributed by atoms with van der Waals surface area (Å²) in [6, 6.07) is 1.92. The third-order valence-corrected chi connectivity index (χ3v) is 1.32. The number of hydrogen-bond acceptors (Lipinski definition) is 2. The van der Waals surface area contributed by atoms with Gasteiger partial charge in [0, 0.05) is 6.42 Å². The van der Waals surface area contributed by atoms with E-state index in [1.54, 1.807) is 13.0 Å². The molecule has 0 radical (unpaired) electrons. The number of allylic oxidation sites excluding steroid dienone is 2. The van der Waals surface area contributed by atoms with Crippen molar-refractivity contribution in [1.29, 1.82) is 5.26 Å². The first-order valence-electron chi connectivity index (χ1n) is 4.07. The van der Waals surface area contributed by atoms with E-state index in [0.717, 1.165) is 0 Å². The van der Waals surface area contributed by atoms with Crippen LogP contribution < -0.4 is 0 Å². The van der Waals surface area contributed by atoms with Crippen molar-refractivity contribution in [3.8, 4) is 6.07 Å². The number of ketones is 1. The molecular formula is C10H15NO. The zero-order valence-electron chi connectivity index (χ0n) is 8.14. The number of nitrogens with zero attached hydrogens (tertiary/aromatic N) is 1. The van der Waals surface area contributed by atoms with E-state index in [-0.39, 0.29) is 16.8 Å². The Morgan fingerprint density at radius 2 is 2.00 bits per heavy atom. The summed E-state index contributed by atoms with van der Waals surface area (Å²) >= 11 is 0. The molecule has 0 aromatic heterocycles. The van der Waals surface area contributed by atoms with E-state index in [0.29, 0.717) is 6.42 Å². The van der Waals surface area contributed by atoms with Gasteiger partial charge in [0.25, 0.3) is 0 Å². The van der Waals surface area contributed by atoms with Crippen LogP contribution in [0.1, 0.15) is 34.1 Å². The molecule has 0 N–H and O–H groups in total. The standard InChI is InChI=1S/C10H15NO/c1-5-9(12)8(7-11)6-10(2,3)4/h6H,5H2,1-4H3/b8-6+. The molecule has 0 aromatic carbocycles. The van der Waals surface area contributed by atoms with Gasteiger partial charge in [-0.05, 0) is 5.41 Å². The topological polar surface area (TPSA) is 40.9 Å². The molecule has 2 nitrogen and oxygen atoms in total. The number of rotatable bonds is 2. The molecule has 0 atom stereocenters. The molecular weight excluding hydrogens is 150 g/mol. The summed E-state index contributed by atoms with van der Waals surface area (Å²) in [4.78, 5) is 11.1. The van der Waals surface area contributed by atoms with Gasteiger partial charge in [-0.1, -0.05) is 33.8 Å². The van der Waals surface area contributed by atoms with E-state index in [1.165, 1.54) is 0 Å². The van der Waals surface area contributed by atoms with Crippen molar-refractivity contribution in [2.75, 3.05) is 0 Å². The second-order valence-electron chi connectivity index (χ2n) is 3.81. The lowest BCUT2D eigenvalue weighted by Crippen LogP contribution is -2.06. The van der Waals surface area contributed by atoms with Crippen LogP contribution in [-0.2, 0) is 4.79 Å². The smallest absolute Gasteiger partial charge is 0.172 e. The van der Waals surface area contributed by atoms with Crippen LogP contribution in [0.4, 0.5) is 0 Å². The van der Waals surface area contributed by atoms with E-state index < -0.39 is 0 Å². The summed E-state index contributed by atoms with van der Waals surface area (Å²) in [5, 5.41) is 8.65. The minimum Gasteiger partial charge on any atom is -0.293 e. The van der Waals surface area contributed by atoms with Crippen LogP contribution in [0.5, 0.6) is 0 Å². The number of nitriles is 1. The summed E-state index contributed by atoms with van der Waals surface area (Å²) in [5.74, 6) is -0.0765. The SMILES string of the molecule is CCC(=O)/C(C#N)=C/C(C)(C)C. The first kappa shape index (κ1) is 10.9. The van der Waals surface area contributed by atoms with Crippen molar-refractivity contribution in [3.63, 3.8) is 0 Å². The van der Waals surface area contributed by atoms with Crippen molar-refractivity contribution in [1.82, 2.24) is 0 Å². The van der Waals surface area contributed by atoms with Gasteiger partial charge in [-0.25, -0.2) is 0 Å². The van der Waals surface area contributed by atoms with Gasteiger partial charge in [-0.2, -0.15) is 5.26 Å². The molecule has 0 spiro atoms. The fourth-order valence-electron chi connectivity index (χ4n) is 0.799. The van der Waals surface area contributed by atoms with E-state index in [1.807, 2.05) is 26.8 Å². The molecule has 0 aliphatic rings. The maximum atomic E-state index is 11.1. The second kappa shape index (κ2) is 4.06. The molecule has 0 aromatic rings. The monoisotopic (exact) mass is 165 g/mol. The molecule has 66 valence electrons. The fourth-order valence-corrected chi connectivity index (χ4v) is 0.799. The van der Waals surface area contributed by atoms with Gasteiger partial charge in [0.2, 0.25) is 0 Å². The van der Waals surface area contributed by atoms with Crippen LogP contribution in [0.25, 0.3) is 0 Å². The van der Waals surface area contributed by atoms with Gasteiger partial charge >= 0.3 is 0 Å². The average Bonchev–Trinajstić information content (AvgIpc) is 1.97. The Bertz CT molecular complexity index is 238. The van der Waals surface area contributed by atoms with Crippen molar-refractivity contribution in [3.05, 3.63) is 11.6 Å².